The molecule has 26 heavy (non-hydrogen) atoms. The first kappa shape index (κ1) is 20.5. The van der Waals surface area contributed by atoms with E-state index in [-0.39, 0.29) is 24.0 Å². The number of methoxy groups -OCH3 is 1. The average Bonchev–Trinajstić information content (AvgIpc) is 3.11. The Morgan fingerprint density at radius 1 is 1.27 bits per heavy atom. The lowest BCUT2D eigenvalue weighted by molar-refractivity contribution is 0.391. The lowest BCUT2D eigenvalue weighted by atomic mass is 9.99. The number of hydrogen-bond donors (Lipinski definition) is 1. The number of rotatable bonds is 5. The summed E-state index contributed by atoms with van der Waals surface area (Å²) in [6.07, 6.45) is 4.07. The Morgan fingerprint density at radius 3 is 2.81 bits per heavy atom. The largest absolute Gasteiger partial charge is 0.481 e. The molecule has 1 aliphatic rings. The van der Waals surface area contributed by atoms with Crippen LogP contribution in [0.3, 0.4) is 0 Å². The maximum absolute atomic E-state index is 5.32. The Hall–Kier alpha value is -1.83. The van der Waals surface area contributed by atoms with Gasteiger partial charge in [0.1, 0.15) is 0 Å². The smallest absolute Gasteiger partial charge is 0.218 e. The predicted molar refractivity (Wildman–Crippen MR) is 116 cm³/mol. The predicted octanol–water partition coefficient (Wildman–Crippen LogP) is 3.35. The van der Waals surface area contributed by atoms with Crippen LogP contribution in [-0.2, 0) is 13.0 Å². The van der Waals surface area contributed by atoms with Crippen LogP contribution in [0.1, 0.15) is 17.5 Å². The molecule has 2 heterocycles. The molecule has 1 aliphatic heterocycles. The molecule has 0 radical (unpaired) electrons. The number of guanidine groups is 1. The molecule has 1 N–H and O–H groups in total. The maximum atomic E-state index is 5.32. The summed E-state index contributed by atoms with van der Waals surface area (Å²) in [5, 5.41) is 3.44. The molecule has 0 amide bonds. The lowest BCUT2D eigenvalue weighted by Crippen LogP contribution is -2.39. The molecular formula is C20H27IN4O. The number of pyridine rings is 1. The van der Waals surface area contributed by atoms with Crippen LogP contribution in [-0.4, -0.2) is 43.1 Å². The van der Waals surface area contributed by atoms with E-state index >= 15 is 0 Å². The minimum absolute atomic E-state index is 0. The van der Waals surface area contributed by atoms with Gasteiger partial charge >= 0.3 is 0 Å². The highest BCUT2D eigenvalue weighted by molar-refractivity contribution is 14.0. The van der Waals surface area contributed by atoms with E-state index in [0.717, 1.165) is 31.0 Å². The van der Waals surface area contributed by atoms with E-state index < -0.39 is 0 Å². The number of benzene rings is 1. The van der Waals surface area contributed by atoms with Gasteiger partial charge < -0.3 is 15.0 Å². The number of hydrogen-bond acceptors (Lipinski definition) is 3. The zero-order chi connectivity index (χ0) is 17.5. The number of nitrogens with one attached hydrogen (secondary N) is 1. The van der Waals surface area contributed by atoms with Crippen molar-refractivity contribution in [3.63, 3.8) is 0 Å². The first-order valence-electron chi connectivity index (χ1n) is 8.77. The van der Waals surface area contributed by atoms with Crippen molar-refractivity contribution in [2.24, 2.45) is 10.9 Å². The number of halogens is 1. The third-order valence-electron chi connectivity index (χ3n) is 4.64. The number of aliphatic imine (C=N–C) groups is 1. The fourth-order valence-electron chi connectivity index (χ4n) is 3.39. The van der Waals surface area contributed by atoms with E-state index in [4.69, 9.17) is 4.74 Å². The van der Waals surface area contributed by atoms with E-state index in [2.05, 4.69) is 50.5 Å². The Labute approximate surface area is 172 Å². The molecule has 1 unspecified atom stereocenters. The van der Waals surface area contributed by atoms with Crippen LogP contribution in [0.15, 0.2) is 53.7 Å². The van der Waals surface area contributed by atoms with Crippen molar-refractivity contribution in [3.05, 3.63) is 59.8 Å². The van der Waals surface area contributed by atoms with Gasteiger partial charge in [-0.1, -0.05) is 36.4 Å². The normalized spacial score (nSPS) is 16.9. The molecule has 0 spiro atoms. The number of ether oxygens (including phenoxy) is 1. The van der Waals surface area contributed by atoms with Gasteiger partial charge in [0.2, 0.25) is 5.88 Å². The molecular weight excluding hydrogens is 439 g/mol. The molecule has 1 saturated heterocycles. The van der Waals surface area contributed by atoms with Crippen LogP contribution in [0.4, 0.5) is 0 Å². The van der Waals surface area contributed by atoms with Crippen LogP contribution >= 0.6 is 24.0 Å². The van der Waals surface area contributed by atoms with E-state index in [9.17, 15) is 0 Å². The fraction of sp³-hybridized carbons (Fsp3) is 0.400. The van der Waals surface area contributed by atoms with Crippen LogP contribution < -0.4 is 10.1 Å². The van der Waals surface area contributed by atoms with Gasteiger partial charge in [0, 0.05) is 38.4 Å². The topological polar surface area (TPSA) is 49.8 Å². The quantitative estimate of drug-likeness (QED) is 0.417. The molecule has 0 bridgehead atoms. The van der Waals surface area contributed by atoms with Gasteiger partial charge in [-0.25, -0.2) is 4.98 Å². The summed E-state index contributed by atoms with van der Waals surface area (Å²) in [4.78, 5) is 11.0. The van der Waals surface area contributed by atoms with Crippen molar-refractivity contribution in [1.82, 2.24) is 15.2 Å². The molecule has 1 aromatic heterocycles. The standard InChI is InChI=1S/C20H26N4O.HI/c1-21-20(23-14-18-9-6-11-22-19(18)25-2)24-12-10-17(15-24)13-16-7-4-3-5-8-16;/h3-9,11,17H,10,12-15H2,1-2H3,(H,21,23);1H. The molecule has 3 rings (SSSR count). The van der Waals surface area contributed by atoms with Crippen molar-refractivity contribution < 1.29 is 4.74 Å². The molecule has 5 nitrogen and oxygen atoms in total. The zero-order valence-electron chi connectivity index (χ0n) is 15.4. The summed E-state index contributed by atoms with van der Waals surface area (Å²) in [5.41, 5.74) is 2.45. The van der Waals surface area contributed by atoms with Crippen LogP contribution in [0.2, 0.25) is 0 Å². The SMILES string of the molecule is CN=C(NCc1cccnc1OC)N1CCC(Cc2ccccc2)C1.I. The number of likely N-dealkylation sites (tertiary alicyclic amines) is 1. The fourth-order valence-corrected chi connectivity index (χ4v) is 3.39. The van der Waals surface area contributed by atoms with Gasteiger partial charge in [-0.15, -0.1) is 24.0 Å². The first-order valence-corrected chi connectivity index (χ1v) is 8.77. The lowest BCUT2D eigenvalue weighted by Gasteiger charge is -2.22. The zero-order valence-corrected chi connectivity index (χ0v) is 17.7. The van der Waals surface area contributed by atoms with Crippen LogP contribution in [0.5, 0.6) is 5.88 Å². The van der Waals surface area contributed by atoms with E-state index in [1.165, 1.54) is 12.0 Å². The maximum Gasteiger partial charge on any atom is 0.218 e. The average molecular weight is 466 g/mol. The second-order valence-corrected chi connectivity index (χ2v) is 6.36. The highest BCUT2D eigenvalue weighted by Gasteiger charge is 2.25. The summed E-state index contributed by atoms with van der Waals surface area (Å²) in [6, 6.07) is 14.7. The van der Waals surface area contributed by atoms with Crippen molar-refractivity contribution in [2.75, 3.05) is 27.2 Å². The van der Waals surface area contributed by atoms with Gasteiger partial charge in [0.15, 0.2) is 5.96 Å². The molecule has 0 saturated carbocycles. The van der Waals surface area contributed by atoms with Gasteiger partial charge in [0.05, 0.1) is 7.11 Å². The number of nitrogens with zero attached hydrogens (tertiary/aromatic N) is 3. The molecule has 1 fully saturated rings. The first-order chi connectivity index (χ1) is 12.3. The van der Waals surface area contributed by atoms with Crippen molar-refractivity contribution in [3.8, 4) is 5.88 Å². The molecule has 1 aromatic carbocycles. The van der Waals surface area contributed by atoms with Gasteiger partial charge in [-0.2, -0.15) is 0 Å². The molecule has 140 valence electrons. The van der Waals surface area contributed by atoms with Crippen LogP contribution in [0, 0.1) is 5.92 Å². The molecule has 0 aliphatic carbocycles. The second kappa shape index (κ2) is 10.4. The summed E-state index contributed by atoms with van der Waals surface area (Å²) < 4.78 is 5.32. The third-order valence-corrected chi connectivity index (χ3v) is 4.64. The minimum Gasteiger partial charge on any atom is -0.481 e. The number of aromatic nitrogens is 1. The Balaban J connectivity index is 0.00000243. The molecule has 6 heteroatoms. The van der Waals surface area contributed by atoms with Gasteiger partial charge in [0.25, 0.3) is 0 Å². The van der Waals surface area contributed by atoms with Gasteiger partial charge in [-0.3, -0.25) is 4.99 Å². The third kappa shape index (κ3) is 5.33. The molecule has 2 aromatic rings. The van der Waals surface area contributed by atoms with Crippen molar-refractivity contribution >= 4 is 29.9 Å². The highest BCUT2D eigenvalue weighted by Crippen LogP contribution is 2.21. The Kier molecular flexibility index (Phi) is 8.15. The monoisotopic (exact) mass is 466 g/mol. The van der Waals surface area contributed by atoms with Crippen LogP contribution in [0.25, 0.3) is 0 Å². The summed E-state index contributed by atoms with van der Waals surface area (Å²) >= 11 is 0. The highest BCUT2D eigenvalue weighted by atomic mass is 127. The second-order valence-electron chi connectivity index (χ2n) is 6.36. The van der Waals surface area contributed by atoms with Gasteiger partial charge in [-0.05, 0) is 30.4 Å². The van der Waals surface area contributed by atoms with E-state index in [0.29, 0.717) is 18.3 Å². The summed E-state index contributed by atoms with van der Waals surface area (Å²) in [6.45, 7) is 2.74. The summed E-state index contributed by atoms with van der Waals surface area (Å²) in [7, 11) is 3.49. The van der Waals surface area contributed by atoms with E-state index in [1.807, 2.05) is 19.2 Å². The Morgan fingerprint density at radius 2 is 2.08 bits per heavy atom. The van der Waals surface area contributed by atoms with Crippen molar-refractivity contribution in [1.29, 1.82) is 0 Å². The van der Waals surface area contributed by atoms with E-state index in [1.54, 1.807) is 13.3 Å². The Bertz CT molecular complexity index is 708. The molecule has 1 atom stereocenters. The van der Waals surface area contributed by atoms with Crippen molar-refractivity contribution in [2.45, 2.75) is 19.4 Å². The minimum atomic E-state index is 0. The summed E-state index contributed by atoms with van der Waals surface area (Å²) in [5.74, 6) is 2.28.